The van der Waals surface area contributed by atoms with E-state index in [0.717, 1.165) is 22.2 Å². The van der Waals surface area contributed by atoms with Crippen LogP contribution in [0.2, 0.25) is 0 Å². The summed E-state index contributed by atoms with van der Waals surface area (Å²) in [6, 6.07) is 12.3. The second-order valence-corrected chi connectivity index (χ2v) is 7.74. The van der Waals surface area contributed by atoms with Crippen molar-refractivity contribution in [3.8, 4) is 5.75 Å². The normalized spacial score (nSPS) is 11.7. The predicted octanol–water partition coefficient (Wildman–Crippen LogP) is 5.13. The number of aryl methyl sites for hydroxylation is 1. The van der Waals surface area contributed by atoms with Gasteiger partial charge in [0.25, 0.3) is 11.1 Å². The van der Waals surface area contributed by atoms with Gasteiger partial charge in [-0.05, 0) is 35.9 Å². The number of thioether (sulfide) groups is 1. The number of hydrogen-bond donors (Lipinski definition) is 1. The van der Waals surface area contributed by atoms with Crippen LogP contribution in [0.25, 0.3) is 11.1 Å². The minimum Gasteiger partial charge on any atom is -0.497 e. The second-order valence-electron chi connectivity index (χ2n) is 6.82. The SMILES string of the molecule is COc1ccc(CSc2nc3cc(NC(=O)c4cn(C)nc4C(F)(F)F)ccc3o2)cc1. The molecule has 2 aromatic carbocycles. The average molecular weight is 462 g/mol. The van der Waals surface area contributed by atoms with Gasteiger partial charge in [-0.3, -0.25) is 9.48 Å². The number of rotatable bonds is 6. The fraction of sp³-hybridized carbons (Fsp3) is 0.190. The third-order valence-corrected chi connectivity index (χ3v) is 5.39. The Morgan fingerprint density at radius 3 is 2.66 bits per heavy atom. The minimum atomic E-state index is -4.74. The van der Waals surface area contributed by atoms with E-state index in [2.05, 4.69) is 15.4 Å². The third-order valence-electron chi connectivity index (χ3n) is 4.49. The van der Waals surface area contributed by atoms with Gasteiger partial charge in [-0.25, -0.2) is 4.98 Å². The molecule has 0 aliphatic heterocycles. The fourth-order valence-electron chi connectivity index (χ4n) is 2.98. The molecule has 0 spiro atoms. The number of carbonyl (C=O) groups excluding carboxylic acids is 1. The smallest absolute Gasteiger partial charge is 0.435 e. The van der Waals surface area contributed by atoms with Crippen LogP contribution < -0.4 is 10.1 Å². The van der Waals surface area contributed by atoms with Crippen molar-refractivity contribution >= 4 is 34.5 Å². The van der Waals surface area contributed by atoms with Crippen LogP contribution in [0.4, 0.5) is 18.9 Å². The maximum absolute atomic E-state index is 13.1. The number of carbonyl (C=O) groups is 1. The molecule has 0 atom stereocenters. The van der Waals surface area contributed by atoms with Gasteiger partial charge in [-0.15, -0.1) is 0 Å². The first kappa shape index (κ1) is 21.8. The fourth-order valence-corrected chi connectivity index (χ4v) is 3.77. The lowest BCUT2D eigenvalue weighted by molar-refractivity contribution is -0.141. The highest BCUT2D eigenvalue weighted by molar-refractivity contribution is 7.98. The van der Waals surface area contributed by atoms with E-state index in [4.69, 9.17) is 9.15 Å². The number of aromatic nitrogens is 3. The first-order valence-corrected chi connectivity index (χ1v) is 10.3. The summed E-state index contributed by atoms with van der Waals surface area (Å²) < 4.78 is 51.1. The number of oxazole rings is 1. The third kappa shape index (κ3) is 4.72. The monoisotopic (exact) mass is 462 g/mol. The summed E-state index contributed by atoms with van der Waals surface area (Å²) in [5.74, 6) is 0.480. The highest BCUT2D eigenvalue weighted by Gasteiger charge is 2.39. The minimum absolute atomic E-state index is 0.291. The zero-order valence-electron chi connectivity index (χ0n) is 16.9. The number of amides is 1. The van der Waals surface area contributed by atoms with Crippen molar-refractivity contribution in [1.82, 2.24) is 14.8 Å². The number of ether oxygens (including phenoxy) is 1. The summed E-state index contributed by atoms with van der Waals surface area (Å²) in [4.78, 5) is 16.8. The van der Waals surface area contributed by atoms with Crippen molar-refractivity contribution in [1.29, 1.82) is 0 Å². The summed E-state index contributed by atoms with van der Waals surface area (Å²) in [7, 11) is 2.92. The summed E-state index contributed by atoms with van der Waals surface area (Å²) in [5.41, 5.74) is 0.524. The molecule has 11 heteroatoms. The number of anilines is 1. The Morgan fingerprint density at radius 1 is 1.22 bits per heavy atom. The Morgan fingerprint density at radius 2 is 1.97 bits per heavy atom. The second kappa shape index (κ2) is 8.58. The molecule has 1 N–H and O–H groups in total. The largest absolute Gasteiger partial charge is 0.497 e. The van der Waals surface area contributed by atoms with Crippen LogP contribution in [0.1, 0.15) is 21.6 Å². The molecule has 0 aliphatic rings. The summed E-state index contributed by atoms with van der Waals surface area (Å²) in [5, 5.41) is 6.24. The van der Waals surface area contributed by atoms with Crippen LogP contribution in [-0.4, -0.2) is 27.8 Å². The zero-order chi connectivity index (χ0) is 22.9. The standard InChI is InChI=1S/C21H17F3N4O3S/c1-28-10-15(18(27-28)21(22,23)24)19(29)25-13-5-8-17-16(9-13)26-20(31-17)32-11-12-3-6-14(30-2)7-4-12/h3-10H,11H2,1-2H3,(H,25,29). The van der Waals surface area contributed by atoms with Crippen LogP contribution in [-0.2, 0) is 19.0 Å². The Hall–Kier alpha value is -3.47. The van der Waals surface area contributed by atoms with Crippen molar-refractivity contribution in [3.05, 3.63) is 65.5 Å². The van der Waals surface area contributed by atoms with Gasteiger partial charge in [0, 0.05) is 24.7 Å². The maximum atomic E-state index is 13.1. The van der Waals surface area contributed by atoms with Gasteiger partial charge in [0.05, 0.1) is 12.7 Å². The van der Waals surface area contributed by atoms with E-state index in [1.807, 2.05) is 24.3 Å². The molecule has 0 radical (unpaired) electrons. The van der Waals surface area contributed by atoms with Crippen LogP contribution in [0.15, 0.2) is 58.3 Å². The summed E-state index contributed by atoms with van der Waals surface area (Å²) in [6.07, 6.45) is -3.71. The highest BCUT2D eigenvalue weighted by Crippen LogP contribution is 2.32. The molecule has 1 amide bonds. The number of alkyl halides is 3. The molecule has 2 heterocycles. The molecule has 0 aliphatic carbocycles. The Balaban J connectivity index is 1.47. The molecular weight excluding hydrogens is 445 g/mol. The van der Waals surface area contributed by atoms with Gasteiger partial charge < -0.3 is 14.5 Å². The molecule has 0 fully saturated rings. The van der Waals surface area contributed by atoms with Crippen LogP contribution in [0.3, 0.4) is 0 Å². The maximum Gasteiger partial charge on any atom is 0.435 e. The molecule has 4 aromatic rings. The Labute approximate surface area is 184 Å². The molecule has 0 bridgehead atoms. The van der Waals surface area contributed by atoms with Crippen LogP contribution in [0.5, 0.6) is 5.75 Å². The Kier molecular flexibility index (Phi) is 5.83. The number of benzene rings is 2. The summed E-state index contributed by atoms with van der Waals surface area (Å²) >= 11 is 1.39. The molecule has 0 unspecified atom stereocenters. The van der Waals surface area contributed by atoms with E-state index < -0.39 is 23.3 Å². The first-order valence-electron chi connectivity index (χ1n) is 9.31. The lowest BCUT2D eigenvalue weighted by Crippen LogP contribution is -2.17. The predicted molar refractivity (Wildman–Crippen MR) is 113 cm³/mol. The lowest BCUT2D eigenvalue weighted by Gasteiger charge is -2.07. The van der Waals surface area contributed by atoms with Gasteiger partial charge in [0.2, 0.25) is 0 Å². The van der Waals surface area contributed by atoms with Crippen molar-refractivity contribution in [2.45, 2.75) is 17.2 Å². The van der Waals surface area contributed by atoms with Crippen molar-refractivity contribution in [3.63, 3.8) is 0 Å². The summed E-state index contributed by atoms with van der Waals surface area (Å²) in [6.45, 7) is 0. The highest BCUT2D eigenvalue weighted by atomic mass is 32.2. The first-order chi connectivity index (χ1) is 15.2. The van der Waals surface area contributed by atoms with E-state index in [9.17, 15) is 18.0 Å². The molecule has 0 saturated carbocycles. The molecule has 2 aromatic heterocycles. The van der Waals surface area contributed by atoms with Crippen molar-refractivity contribution in [2.75, 3.05) is 12.4 Å². The van der Waals surface area contributed by atoms with E-state index in [-0.39, 0.29) is 0 Å². The molecule has 0 saturated heterocycles. The van der Waals surface area contributed by atoms with Gasteiger partial charge in [0.1, 0.15) is 11.3 Å². The number of halogens is 3. The van der Waals surface area contributed by atoms with Gasteiger partial charge in [0.15, 0.2) is 11.3 Å². The van der Waals surface area contributed by atoms with E-state index in [1.165, 1.54) is 30.9 Å². The number of methoxy groups -OCH3 is 1. The number of nitrogens with zero attached hydrogens (tertiary/aromatic N) is 3. The van der Waals surface area contributed by atoms with E-state index in [0.29, 0.717) is 27.8 Å². The van der Waals surface area contributed by atoms with Crippen molar-refractivity contribution < 1.29 is 27.1 Å². The zero-order valence-corrected chi connectivity index (χ0v) is 17.8. The van der Waals surface area contributed by atoms with Crippen LogP contribution >= 0.6 is 11.8 Å². The van der Waals surface area contributed by atoms with Crippen molar-refractivity contribution in [2.24, 2.45) is 7.05 Å². The quantitative estimate of drug-likeness (QED) is 0.400. The van der Waals surface area contributed by atoms with Gasteiger partial charge in [-0.2, -0.15) is 18.3 Å². The van der Waals surface area contributed by atoms with E-state index in [1.54, 1.807) is 13.2 Å². The lowest BCUT2D eigenvalue weighted by atomic mass is 10.2. The number of nitrogens with one attached hydrogen (secondary N) is 1. The molecule has 32 heavy (non-hydrogen) atoms. The molecular formula is C21H17F3N4O3S. The van der Waals surface area contributed by atoms with Gasteiger partial charge in [-0.1, -0.05) is 23.9 Å². The average Bonchev–Trinajstić information content (AvgIpc) is 3.35. The molecule has 7 nitrogen and oxygen atoms in total. The van der Waals surface area contributed by atoms with Crippen LogP contribution in [0, 0.1) is 0 Å². The van der Waals surface area contributed by atoms with E-state index >= 15 is 0 Å². The van der Waals surface area contributed by atoms with Gasteiger partial charge >= 0.3 is 6.18 Å². The molecule has 4 rings (SSSR count). The topological polar surface area (TPSA) is 82.2 Å². The Bertz CT molecular complexity index is 1270. The molecule has 166 valence electrons. The number of hydrogen-bond acceptors (Lipinski definition) is 6. The number of fused-ring (bicyclic) bond motifs is 1.